The van der Waals surface area contributed by atoms with E-state index in [2.05, 4.69) is 15.9 Å². The molecule has 18 heavy (non-hydrogen) atoms. The fraction of sp³-hybridized carbons (Fsp3) is 0.231. The van der Waals surface area contributed by atoms with Crippen LogP contribution in [0.4, 0.5) is 4.39 Å². The van der Waals surface area contributed by atoms with Crippen molar-refractivity contribution < 1.29 is 14.2 Å². The van der Waals surface area contributed by atoms with Gasteiger partial charge in [-0.25, -0.2) is 4.39 Å². The highest BCUT2D eigenvalue weighted by molar-refractivity contribution is 9.10. The molecule has 1 heterocycles. The zero-order valence-electron chi connectivity index (χ0n) is 9.69. The smallest absolute Gasteiger partial charge is 0.128 e. The minimum Gasteiger partial charge on any atom is -0.488 e. The molecule has 2 nitrogen and oxygen atoms in total. The summed E-state index contributed by atoms with van der Waals surface area (Å²) in [4.78, 5) is 1.03. The molecule has 0 aliphatic rings. The number of rotatable bonds is 4. The van der Waals surface area contributed by atoms with Crippen LogP contribution >= 0.6 is 27.3 Å². The lowest BCUT2D eigenvalue weighted by atomic mass is 10.1. The molecule has 0 aliphatic carbocycles. The second kappa shape index (κ2) is 5.82. The van der Waals surface area contributed by atoms with Crippen molar-refractivity contribution in [3.05, 3.63) is 50.4 Å². The lowest BCUT2D eigenvalue weighted by Crippen LogP contribution is -2.00. The first-order valence-electron chi connectivity index (χ1n) is 5.39. The summed E-state index contributed by atoms with van der Waals surface area (Å²) < 4.78 is 19.7. The molecule has 0 spiro atoms. The molecule has 1 N–H and O–H groups in total. The first-order chi connectivity index (χ1) is 8.56. The highest BCUT2D eigenvalue weighted by Crippen LogP contribution is 2.28. The topological polar surface area (TPSA) is 29.5 Å². The molecular weight excluding hydrogens is 319 g/mol. The molecular formula is C13H12BrFO2S. The molecule has 5 heteroatoms. The summed E-state index contributed by atoms with van der Waals surface area (Å²) >= 11 is 4.92. The van der Waals surface area contributed by atoms with Crippen molar-refractivity contribution in [2.45, 2.75) is 19.6 Å². The van der Waals surface area contributed by atoms with Crippen LogP contribution in [0.15, 0.2) is 34.1 Å². The van der Waals surface area contributed by atoms with Gasteiger partial charge in [0.1, 0.15) is 18.2 Å². The van der Waals surface area contributed by atoms with Crippen molar-refractivity contribution in [2.75, 3.05) is 0 Å². The molecule has 2 rings (SSSR count). The highest BCUT2D eigenvalue weighted by atomic mass is 79.9. The Balaban J connectivity index is 2.15. The van der Waals surface area contributed by atoms with E-state index in [0.717, 1.165) is 9.35 Å². The van der Waals surface area contributed by atoms with Crippen LogP contribution in [0.3, 0.4) is 0 Å². The van der Waals surface area contributed by atoms with Gasteiger partial charge < -0.3 is 9.84 Å². The molecule has 0 bridgehead atoms. The zero-order chi connectivity index (χ0) is 13.1. The number of aliphatic hydroxyl groups excluding tert-OH is 1. The molecule has 0 unspecified atom stereocenters. The number of aliphatic hydroxyl groups is 1. The second-order valence-corrected chi connectivity index (χ2v) is 5.79. The minimum atomic E-state index is -0.685. The number of benzene rings is 1. The van der Waals surface area contributed by atoms with Crippen molar-refractivity contribution >= 4 is 27.3 Å². The van der Waals surface area contributed by atoms with E-state index in [-0.39, 0.29) is 5.82 Å². The molecule has 0 saturated carbocycles. The summed E-state index contributed by atoms with van der Waals surface area (Å²) in [6.45, 7) is 1.99. The predicted molar refractivity (Wildman–Crippen MR) is 73.4 cm³/mol. The fourth-order valence-corrected chi connectivity index (χ4v) is 2.92. The third-order valence-electron chi connectivity index (χ3n) is 2.42. The monoisotopic (exact) mass is 330 g/mol. The summed E-state index contributed by atoms with van der Waals surface area (Å²) in [6.07, 6.45) is -0.685. The Bertz CT molecular complexity index is 540. The quantitative estimate of drug-likeness (QED) is 0.906. The predicted octanol–water partition coefficient (Wildman–Crippen LogP) is 4.28. The van der Waals surface area contributed by atoms with Crippen LogP contribution < -0.4 is 4.74 Å². The summed E-state index contributed by atoms with van der Waals surface area (Å²) in [5.41, 5.74) is 0.590. The number of ether oxygens (including phenoxy) is 1. The van der Waals surface area contributed by atoms with Crippen molar-refractivity contribution in [3.8, 4) is 5.75 Å². The van der Waals surface area contributed by atoms with E-state index in [9.17, 15) is 9.50 Å². The van der Waals surface area contributed by atoms with Crippen molar-refractivity contribution in [3.63, 3.8) is 0 Å². The number of hydrogen-bond acceptors (Lipinski definition) is 3. The third-order valence-corrected chi connectivity index (χ3v) is 4.09. The highest BCUT2D eigenvalue weighted by Gasteiger charge is 2.11. The fourth-order valence-electron chi connectivity index (χ4n) is 1.56. The first kappa shape index (κ1) is 13.5. The summed E-state index contributed by atoms with van der Waals surface area (Å²) in [5, 5.41) is 11.5. The maximum absolute atomic E-state index is 13.2. The summed E-state index contributed by atoms with van der Waals surface area (Å²) in [6, 6.07) is 6.10. The maximum atomic E-state index is 13.2. The Labute approximate surface area is 117 Å². The molecule has 0 radical (unpaired) electrons. The molecule has 0 fully saturated rings. The summed E-state index contributed by atoms with van der Waals surface area (Å²) in [5.74, 6) is 0.0104. The van der Waals surface area contributed by atoms with Crippen LogP contribution in [0.5, 0.6) is 5.75 Å². The van der Waals surface area contributed by atoms with E-state index in [1.54, 1.807) is 24.3 Å². The van der Waals surface area contributed by atoms with Gasteiger partial charge in [0.05, 0.1) is 6.10 Å². The van der Waals surface area contributed by atoms with Gasteiger partial charge >= 0.3 is 0 Å². The van der Waals surface area contributed by atoms with E-state index < -0.39 is 6.10 Å². The average Bonchev–Trinajstić information content (AvgIpc) is 2.72. The van der Waals surface area contributed by atoms with Gasteiger partial charge in [-0.1, -0.05) is 0 Å². The maximum Gasteiger partial charge on any atom is 0.128 e. The van der Waals surface area contributed by atoms with Gasteiger partial charge in [0.2, 0.25) is 0 Å². The number of hydrogen-bond donors (Lipinski definition) is 1. The molecule has 2 aromatic rings. The number of halogens is 2. The van der Waals surface area contributed by atoms with Gasteiger partial charge in [-0.2, -0.15) is 0 Å². The van der Waals surface area contributed by atoms with Crippen LogP contribution in [-0.4, -0.2) is 5.11 Å². The average molecular weight is 331 g/mol. The largest absolute Gasteiger partial charge is 0.488 e. The molecule has 1 atom stereocenters. The molecule has 0 aliphatic heterocycles. The first-order valence-corrected chi connectivity index (χ1v) is 7.07. The van der Waals surface area contributed by atoms with E-state index in [4.69, 9.17) is 4.74 Å². The Morgan fingerprint density at radius 1 is 1.44 bits per heavy atom. The van der Waals surface area contributed by atoms with Crippen molar-refractivity contribution in [2.24, 2.45) is 0 Å². The standard InChI is InChI=1S/C13H12BrFO2S/c1-8(16)12-3-2-10(15)5-13(12)17-6-11-4-9(14)7-18-11/h2-5,7-8,16H,6H2,1H3/t8-/m1/s1. The molecule has 96 valence electrons. The third kappa shape index (κ3) is 3.31. The van der Waals surface area contributed by atoms with Gasteiger partial charge in [0, 0.05) is 26.4 Å². The van der Waals surface area contributed by atoms with Crippen LogP contribution in [0.2, 0.25) is 0 Å². The Kier molecular flexibility index (Phi) is 4.37. The van der Waals surface area contributed by atoms with E-state index in [1.807, 2.05) is 11.4 Å². The Morgan fingerprint density at radius 2 is 2.22 bits per heavy atom. The van der Waals surface area contributed by atoms with E-state index in [1.165, 1.54) is 12.1 Å². The Morgan fingerprint density at radius 3 is 2.83 bits per heavy atom. The zero-order valence-corrected chi connectivity index (χ0v) is 12.1. The van der Waals surface area contributed by atoms with Crippen molar-refractivity contribution in [1.29, 1.82) is 0 Å². The van der Waals surface area contributed by atoms with E-state index in [0.29, 0.717) is 17.9 Å². The summed E-state index contributed by atoms with van der Waals surface area (Å²) in [7, 11) is 0. The molecule has 0 saturated heterocycles. The number of thiophene rings is 1. The van der Waals surface area contributed by atoms with Crippen molar-refractivity contribution in [1.82, 2.24) is 0 Å². The van der Waals surface area contributed by atoms with Gasteiger partial charge in [0.25, 0.3) is 0 Å². The normalized spacial score (nSPS) is 12.4. The molecule has 1 aromatic carbocycles. The van der Waals surface area contributed by atoms with Crippen LogP contribution in [-0.2, 0) is 6.61 Å². The van der Waals surface area contributed by atoms with Gasteiger partial charge in [-0.05, 0) is 41.1 Å². The molecule has 0 amide bonds. The molecule has 1 aromatic heterocycles. The minimum absolute atomic E-state index is 0.361. The van der Waals surface area contributed by atoms with Gasteiger partial charge in [-0.3, -0.25) is 0 Å². The lowest BCUT2D eigenvalue weighted by molar-refractivity contribution is 0.190. The SMILES string of the molecule is C[C@@H](O)c1ccc(F)cc1OCc1cc(Br)cs1. The Hall–Kier alpha value is -0.910. The van der Waals surface area contributed by atoms with E-state index >= 15 is 0 Å². The van der Waals surface area contributed by atoms with Gasteiger partial charge in [0.15, 0.2) is 0 Å². The van der Waals surface area contributed by atoms with Gasteiger partial charge in [-0.15, -0.1) is 11.3 Å². The second-order valence-electron chi connectivity index (χ2n) is 3.88. The van der Waals surface area contributed by atoms with Crippen LogP contribution in [0.25, 0.3) is 0 Å². The van der Waals surface area contributed by atoms with Crippen LogP contribution in [0.1, 0.15) is 23.5 Å². The lowest BCUT2D eigenvalue weighted by Gasteiger charge is -2.12. The van der Waals surface area contributed by atoms with Crippen LogP contribution in [0, 0.1) is 5.82 Å².